The van der Waals surface area contributed by atoms with Crippen LogP contribution in [0.15, 0.2) is 42.7 Å². The van der Waals surface area contributed by atoms with Crippen molar-refractivity contribution < 1.29 is 9.18 Å². The highest BCUT2D eigenvalue weighted by molar-refractivity contribution is 5.90. The fourth-order valence-electron chi connectivity index (χ4n) is 1.57. The number of nitrogens with zero attached hydrogens (tertiary/aromatic N) is 2. The van der Waals surface area contributed by atoms with Crippen molar-refractivity contribution in [2.45, 2.75) is 6.54 Å². The average Bonchev–Trinajstić information content (AvgIpc) is 2.48. The molecule has 0 saturated carbocycles. The van der Waals surface area contributed by atoms with Crippen LogP contribution in [0.25, 0.3) is 0 Å². The second-order valence-corrected chi connectivity index (χ2v) is 3.97. The van der Waals surface area contributed by atoms with Gasteiger partial charge in [0.05, 0.1) is 11.3 Å². The van der Waals surface area contributed by atoms with Gasteiger partial charge < -0.3 is 10.6 Å². The van der Waals surface area contributed by atoms with E-state index in [9.17, 15) is 9.18 Å². The Morgan fingerprint density at radius 2 is 2.25 bits per heavy atom. The molecule has 20 heavy (non-hydrogen) atoms. The molecular weight excluding hydrogens is 259 g/mol. The predicted octanol–water partition coefficient (Wildman–Crippen LogP) is 2.41. The van der Waals surface area contributed by atoms with Gasteiger partial charge in [0, 0.05) is 18.9 Å². The van der Waals surface area contributed by atoms with E-state index in [0.717, 1.165) is 11.6 Å². The average molecular weight is 270 g/mol. The molecule has 0 unspecified atom stereocenters. The number of aromatic nitrogens is 1. The zero-order valence-corrected chi connectivity index (χ0v) is 10.4. The molecule has 2 N–H and O–H groups in total. The van der Waals surface area contributed by atoms with E-state index < -0.39 is 11.8 Å². The first-order valence-corrected chi connectivity index (χ1v) is 5.82. The van der Waals surface area contributed by atoms with Crippen molar-refractivity contribution in [3.63, 3.8) is 0 Å². The molecule has 1 heterocycles. The van der Waals surface area contributed by atoms with E-state index in [-0.39, 0.29) is 11.3 Å². The number of anilines is 1. The van der Waals surface area contributed by atoms with Crippen molar-refractivity contribution in [1.29, 1.82) is 5.26 Å². The zero-order chi connectivity index (χ0) is 14.4. The van der Waals surface area contributed by atoms with E-state index in [1.165, 1.54) is 12.1 Å². The van der Waals surface area contributed by atoms with Gasteiger partial charge in [-0.15, -0.1) is 0 Å². The minimum absolute atomic E-state index is 0.0709. The number of hydrogen-bond acceptors (Lipinski definition) is 3. The molecule has 0 fully saturated rings. The number of rotatable bonds is 3. The number of urea groups is 1. The van der Waals surface area contributed by atoms with Crippen LogP contribution in [-0.2, 0) is 6.54 Å². The normalized spacial score (nSPS) is 9.60. The van der Waals surface area contributed by atoms with Gasteiger partial charge in [0.1, 0.15) is 11.9 Å². The highest BCUT2D eigenvalue weighted by Gasteiger charge is 2.07. The summed E-state index contributed by atoms with van der Waals surface area (Å²) in [7, 11) is 0. The molecule has 0 bridgehead atoms. The van der Waals surface area contributed by atoms with Gasteiger partial charge in [-0.1, -0.05) is 6.07 Å². The highest BCUT2D eigenvalue weighted by Crippen LogP contribution is 2.15. The maximum Gasteiger partial charge on any atom is 0.319 e. The summed E-state index contributed by atoms with van der Waals surface area (Å²) in [5, 5.41) is 14.0. The number of nitriles is 1. The zero-order valence-electron chi connectivity index (χ0n) is 10.4. The molecule has 0 radical (unpaired) electrons. The lowest BCUT2D eigenvalue weighted by Crippen LogP contribution is -2.28. The van der Waals surface area contributed by atoms with Gasteiger partial charge in [0.15, 0.2) is 0 Å². The monoisotopic (exact) mass is 270 g/mol. The molecule has 1 aromatic carbocycles. The third-order valence-corrected chi connectivity index (χ3v) is 2.53. The Labute approximate surface area is 115 Å². The SMILES string of the molecule is N#Cc1cc(F)ccc1NC(=O)NCc1cccnc1. The Morgan fingerprint density at radius 1 is 1.40 bits per heavy atom. The molecule has 1 aromatic heterocycles. The fourth-order valence-corrected chi connectivity index (χ4v) is 1.57. The van der Waals surface area contributed by atoms with E-state index >= 15 is 0 Å². The molecule has 0 aliphatic heterocycles. The molecule has 0 aliphatic rings. The first kappa shape index (κ1) is 13.5. The molecule has 5 nitrogen and oxygen atoms in total. The number of nitrogens with one attached hydrogen (secondary N) is 2. The summed E-state index contributed by atoms with van der Waals surface area (Å²) in [5.41, 5.74) is 1.18. The number of carbonyl (C=O) groups excluding carboxylic acids is 1. The number of carbonyl (C=O) groups is 1. The van der Waals surface area contributed by atoms with E-state index in [2.05, 4.69) is 15.6 Å². The Morgan fingerprint density at radius 3 is 2.95 bits per heavy atom. The molecule has 0 aliphatic carbocycles. The van der Waals surface area contributed by atoms with Crippen molar-refractivity contribution in [2.24, 2.45) is 0 Å². The van der Waals surface area contributed by atoms with Gasteiger partial charge in [-0.05, 0) is 29.8 Å². The Hall–Kier alpha value is -2.94. The first-order chi connectivity index (χ1) is 9.69. The molecular formula is C14H11FN4O. The van der Waals surface area contributed by atoms with Crippen LogP contribution in [0.4, 0.5) is 14.9 Å². The van der Waals surface area contributed by atoms with Crippen LogP contribution in [-0.4, -0.2) is 11.0 Å². The third-order valence-electron chi connectivity index (χ3n) is 2.53. The van der Waals surface area contributed by atoms with E-state index in [1.54, 1.807) is 18.5 Å². The quantitative estimate of drug-likeness (QED) is 0.899. The first-order valence-electron chi connectivity index (χ1n) is 5.82. The largest absolute Gasteiger partial charge is 0.334 e. The van der Waals surface area contributed by atoms with Crippen molar-refractivity contribution in [3.05, 3.63) is 59.7 Å². The summed E-state index contributed by atoms with van der Waals surface area (Å²) in [6.07, 6.45) is 3.28. The molecule has 100 valence electrons. The summed E-state index contributed by atoms with van der Waals surface area (Å²) in [5.74, 6) is -0.525. The van der Waals surface area contributed by atoms with Crippen molar-refractivity contribution in [1.82, 2.24) is 10.3 Å². The summed E-state index contributed by atoms with van der Waals surface area (Å²) in [6, 6.07) is 8.53. The van der Waals surface area contributed by atoms with E-state index in [0.29, 0.717) is 6.54 Å². The van der Waals surface area contributed by atoms with Crippen molar-refractivity contribution in [3.8, 4) is 6.07 Å². The maximum absolute atomic E-state index is 13.0. The van der Waals surface area contributed by atoms with Crippen molar-refractivity contribution >= 4 is 11.7 Å². The Kier molecular flexibility index (Phi) is 4.24. The van der Waals surface area contributed by atoms with Gasteiger partial charge in [0.2, 0.25) is 0 Å². The van der Waals surface area contributed by atoms with Crippen LogP contribution < -0.4 is 10.6 Å². The molecule has 2 rings (SSSR count). The maximum atomic E-state index is 13.0. The minimum atomic E-state index is -0.525. The number of pyridine rings is 1. The molecule has 0 atom stereocenters. The summed E-state index contributed by atoms with van der Waals surface area (Å²) in [6.45, 7) is 0.308. The molecule has 0 spiro atoms. The van der Waals surface area contributed by atoms with Crippen LogP contribution in [0.1, 0.15) is 11.1 Å². The van der Waals surface area contributed by atoms with Crippen LogP contribution in [0, 0.1) is 17.1 Å². The lowest BCUT2D eigenvalue weighted by atomic mass is 10.2. The molecule has 0 saturated heterocycles. The lowest BCUT2D eigenvalue weighted by molar-refractivity contribution is 0.251. The fraction of sp³-hybridized carbons (Fsp3) is 0.0714. The van der Waals surface area contributed by atoms with Gasteiger partial charge in [-0.3, -0.25) is 4.98 Å². The smallest absolute Gasteiger partial charge is 0.319 e. The topological polar surface area (TPSA) is 77.8 Å². The van der Waals surface area contributed by atoms with E-state index in [1.807, 2.05) is 12.1 Å². The van der Waals surface area contributed by atoms with Gasteiger partial charge in [0.25, 0.3) is 0 Å². The number of halogens is 1. The van der Waals surface area contributed by atoms with Gasteiger partial charge in [-0.2, -0.15) is 5.26 Å². The lowest BCUT2D eigenvalue weighted by Gasteiger charge is -2.08. The number of benzene rings is 1. The third kappa shape index (κ3) is 3.53. The standard InChI is InChI=1S/C14H11FN4O/c15-12-3-4-13(11(6-12)7-16)19-14(20)18-9-10-2-1-5-17-8-10/h1-6,8H,9H2,(H2,18,19,20). The summed E-state index contributed by atoms with van der Waals surface area (Å²) >= 11 is 0. The van der Waals surface area contributed by atoms with Crippen LogP contribution in [0.3, 0.4) is 0 Å². The highest BCUT2D eigenvalue weighted by atomic mass is 19.1. The molecule has 2 amide bonds. The Balaban J connectivity index is 1.97. The van der Waals surface area contributed by atoms with Crippen molar-refractivity contribution in [2.75, 3.05) is 5.32 Å². The molecule has 6 heteroatoms. The number of hydrogen-bond donors (Lipinski definition) is 2. The van der Waals surface area contributed by atoms with Crippen LogP contribution in [0.5, 0.6) is 0 Å². The van der Waals surface area contributed by atoms with Crippen LogP contribution >= 0.6 is 0 Å². The summed E-state index contributed by atoms with van der Waals surface area (Å²) in [4.78, 5) is 15.6. The minimum Gasteiger partial charge on any atom is -0.334 e. The van der Waals surface area contributed by atoms with Gasteiger partial charge in [-0.25, -0.2) is 9.18 Å². The summed E-state index contributed by atoms with van der Waals surface area (Å²) < 4.78 is 13.0. The Bertz CT molecular complexity index is 652. The number of amides is 2. The predicted molar refractivity (Wildman–Crippen MR) is 71.2 cm³/mol. The van der Waals surface area contributed by atoms with Gasteiger partial charge >= 0.3 is 6.03 Å². The second kappa shape index (κ2) is 6.29. The van der Waals surface area contributed by atoms with Crippen LogP contribution in [0.2, 0.25) is 0 Å². The molecule has 2 aromatic rings. The second-order valence-electron chi connectivity index (χ2n) is 3.97. The van der Waals surface area contributed by atoms with E-state index in [4.69, 9.17) is 5.26 Å².